The van der Waals surface area contributed by atoms with Crippen LogP contribution in [0, 0.1) is 18.3 Å². The molecule has 0 N–H and O–H groups in total. The van der Waals surface area contributed by atoms with Crippen molar-refractivity contribution < 1.29 is 0 Å². The van der Waals surface area contributed by atoms with Gasteiger partial charge in [0.05, 0.1) is 5.69 Å². The van der Waals surface area contributed by atoms with Crippen molar-refractivity contribution in [1.29, 1.82) is 5.26 Å². The molecule has 0 atom stereocenters. The van der Waals surface area contributed by atoms with Crippen LogP contribution in [0.4, 0.5) is 0 Å². The Morgan fingerprint density at radius 2 is 1.95 bits per heavy atom. The van der Waals surface area contributed by atoms with E-state index in [1.807, 2.05) is 31.2 Å². The van der Waals surface area contributed by atoms with Crippen LogP contribution in [-0.4, -0.2) is 20.0 Å². The number of pyridine rings is 1. The highest BCUT2D eigenvalue weighted by Crippen LogP contribution is 2.27. The van der Waals surface area contributed by atoms with Crippen LogP contribution in [0.25, 0.3) is 16.9 Å². The standard InChI is InChI=1S/C15H10ClN5/c1-10-2-3-12(16)8-14(10)21-15(13(9-17)19-20-21)11-4-6-18-7-5-11/h2-8H,1H3. The fraction of sp³-hybridized carbons (Fsp3) is 0.0667. The molecule has 0 aliphatic carbocycles. The van der Waals surface area contributed by atoms with E-state index < -0.39 is 0 Å². The number of aromatic nitrogens is 4. The zero-order valence-electron chi connectivity index (χ0n) is 11.2. The van der Waals surface area contributed by atoms with E-state index in [0.29, 0.717) is 10.7 Å². The molecule has 0 amide bonds. The van der Waals surface area contributed by atoms with Crippen molar-refractivity contribution in [2.45, 2.75) is 6.92 Å². The second-order valence-electron chi connectivity index (χ2n) is 4.48. The number of nitriles is 1. The number of hydrogen-bond acceptors (Lipinski definition) is 4. The molecule has 5 nitrogen and oxygen atoms in total. The van der Waals surface area contributed by atoms with Crippen molar-refractivity contribution >= 4 is 11.6 Å². The molecule has 1 aromatic carbocycles. The van der Waals surface area contributed by atoms with Crippen molar-refractivity contribution in [2.24, 2.45) is 0 Å². The van der Waals surface area contributed by atoms with E-state index in [1.54, 1.807) is 23.1 Å². The summed E-state index contributed by atoms with van der Waals surface area (Å²) in [5.41, 5.74) is 3.50. The van der Waals surface area contributed by atoms with Gasteiger partial charge < -0.3 is 0 Å². The average molecular weight is 296 g/mol. The number of benzene rings is 1. The smallest absolute Gasteiger partial charge is 0.191 e. The minimum absolute atomic E-state index is 0.264. The van der Waals surface area contributed by atoms with Gasteiger partial charge in [0, 0.05) is 23.0 Å². The molecule has 102 valence electrons. The van der Waals surface area contributed by atoms with Crippen LogP contribution < -0.4 is 0 Å². The van der Waals surface area contributed by atoms with E-state index >= 15 is 0 Å². The number of hydrogen-bond donors (Lipinski definition) is 0. The first-order valence-corrected chi connectivity index (χ1v) is 6.61. The molecule has 2 heterocycles. The number of nitrogens with zero attached hydrogens (tertiary/aromatic N) is 5. The summed E-state index contributed by atoms with van der Waals surface area (Å²) >= 11 is 6.07. The normalized spacial score (nSPS) is 10.3. The number of rotatable bonds is 2. The number of halogens is 1. The van der Waals surface area contributed by atoms with Gasteiger partial charge >= 0.3 is 0 Å². The quantitative estimate of drug-likeness (QED) is 0.728. The third kappa shape index (κ3) is 2.37. The van der Waals surface area contributed by atoms with Gasteiger partial charge in [-0.15, -0.1) is 5.10 Å². The fourth-order valence-corrected chi connectivity index (χ4v) is 2.27. The zero-order chi connectivity index (χ0) is 14.8. The topological polar surface area (TPSA) is 67.4 Å². The molecular weight excluding hydrogens is 286 g/mol. The maximum absolute atomic E-state index is 9.26. The largest absolute Gasteiger partial charge is 0.265 e. The van der Waals surface area contributed by atoms with Gasteiger partial charge in [0.25, 0.3) is 0 Å². The van der Waals surface area contributed by atoms with Gasteiger partial charge in [0.15, 0.2) is 5.69 Å². The van der Waals surface area contributed by atoms with Crippen molar-refractivity contribution in [3.8, 4) is 23.0 Å². The summed E-state index contributed by atoms with van der Waals surface area (Å²) in [5, 5.41) is 17.9. The third-order valence-corrected chi connectivity index (χ3v) is 3.36. The van der Waals surface area contributed by atoms with Crippen LogP contribution >= 0.6 is 11.6 Å². The minimum Gasteiger partial charge on any atom is -0.265 e. The second kappa shape index (κ2) is 5.35. The first kappa shape index (κ1) is 13.3. The van der Waals surface area contributed by atoms with Gasteiger partial charge in [0.2, 0.25) is 0 Å². The van der Waals surface area contributed by atoms with E-state index in [0.717, 1.165) is 16.8 Å². The summed E-state index contributed by atoms with van der Waals surface area (Å²) in [6.07, 6.45) is 3.33. The Bertz CT molecular complexity index is 833. The van der Waals surface area contributed by atoms with E-state index in [4.69, 9.17) is 11.6 Å². The summed E-state index contributed by atoms with van der Waals surface area (Å²) < 4.78 is 1.63. The second-order valence-corrected chi connectivity index (χ2v) is 4.91. The molecule has 21 heavy (non-hydrogen) atoms. The summed E-state index contributed by atoms with van der Waals surface area (Å²) in [6, 6.07) is 11.2. The highest BCUT2D eigenvalue weighted by molar-refractivity contribution is 6.30. The molecule has 3 aromatic rings. The lowest BCUT2D eigenvalue weighted by atomic mass is 10.1. The van der Waals surface area contributed by atoms with Gasteiger partial charge in [-0.2, -0.15) is 5.26 Å². The Morgan fingerprint density at radius 3 is 2.67 bits per heavy atom. The molecule has 0 saturated carbocycles. The molecule has 0 spiro atoms. The van der Waals surface area contributed by atoms with Gasteiger partial charge in [0.1, 0.15) is 11.8 Å². The maximum atomic E-state index is 9.26. The molecular formula is C15H10ClN5. The van der Waals surface area contributed by atoms with Crippen LogP contribution in [0.1, 0.15) is 11.3 Å². The summed E-state index contributed by atoms with van der Waals surface area (Å²) in [6.45, 7) is 1.95. The highest BCUT2D eigenvalue weighted by Gasteiger charge is 2.17. The first-order valence-electron chi connectivity index (χ1n) is 6.23. The van der Waals surface area contributed by atoms with Crippen molar-refractivity contribution in [3.63, 3.8) is 0 Å². The average Bonchev–Trinajstić information content (AvgIpc) is 2.94. The third-order valence-electron chi connectivity index (χ3n) is 3.13. The molecule has 3 rings (SSSR count). The van der Waals surface area contributed by atoms with Gasteiger partial charge in [-0.1, -0.05) is 22.9 Å². The Hall–Kier alpha value is -2.71. The molecule has 2 aromatic heterocycles. The monoisotopic (exact) mass is 295 g/mol. The van der Waals surface area contributed by atoms with E-state index in [2.05, 4.69) is 21.4 Å². The van der Waals surface area contributed by atoms with Crippen molar-refractivity contribution in [3.05, 3.63) is 59.0 Å². The van der Waals surface area contributed by atoms with Crippen LogP contribution in [-0.2, 0) is 0 Å². The lowest BCUT2D eigenvalue weighted by molar-refractivity contribution is 0.802. The van der Waals surface area contributed by atoms with E-state index in [1.165, 1.54) is 0 Å². The van der Waals surface area contributed by atoms with Crippen molar-refractivity contribution in [1.82, 2.24) is 20.0 Å². The van der Waals surface area contributed by atoms with Gasteiger partial charge in [-0.3, -0.25) is 4.98 Å². The van der Waals surface area contributed by atoms with Crippen molar-refractivity contribution in [2.75, 3.05) is 0 Å². The molecule has 0 fully saturated rings. The predicted molar refractivity (Wildman–Crippen MR) is 79.1 cm³/mol. The molecule has 0 saturated heterocycles. The lowest BCUT2D eigenvalue weighted by Crippen LogP contribution is -2.02. The maximum Gasteiger partial charge on any atom is 0.191 e. The summed E-state index contributed by atoms with van der Waals surface area (Å²) in [7, 11) is 0. The molecule has 0 aliphatic rings. The Kier molecular flexibility index (Phi) is 3.38. The molecule has 0 radical (unpaired) electrons. The highest BCUT2D eigenvalue weighted by atomic mass is 35.5. The molecule has 6 heteroatoms. The number of aryl methyl sites for hydroxylation is 1. The minimum atomic E-state index is 0.264. The van der Waals surface area contributed by atoms with Gasteiger partial charge in [-0.25, -0.2) is 4.68 Å². The first-order chi connectivity index (χ1) is 10.2. The van der Waals surface area contributed by atoms with E-state index in [9.17, 15) is 5.26 Å². The lowest BCUT2D eigenvalue weighted by Gasteiger charge is -2.09. The zero-order valence-corrected chi connectivity index (χ0v) is 11.9. The Morgan fingerprint density at radius 1 is 1.19 bits per heavy atom. The summed E-state index contributed by atoms with van der Waals surface area (Å²) in [5.74, 6) is 0. The van der Waals surface area contributed by atoms with Crippen LogP contribution in [0.3, 0.4) is 0 Å². The van der Waals surface area contributed by atoms with Crippen LogP contribution in [0.2, 0.25) is 5.02 Å². The Balaban J connectivity index is 2.28. The Labute approximate surface area is 126 Å². The summed E-state index contributed by atoms with van der Waals surface area (Å²) in [4.78, 5) is 3.99. The van der Waals surface area contributed by atoms with Gasteiger partial charge in [-0.05, 0) is 36.8 Å². The van der Waals surface area contributed by atoms with Crippen LogP contribution in [0.15, 0.2) is 42.7 Å². The van der Waals surface area contributed by atoms with Crippen LogP contribution in [0.5, 0.6) is 0 Å². The SMILES string of the molecule is Cc1ccc(Cl)cc1-n1nnc(C#N)c1-c1ccncc1. The van der Waals surface area contributed by atoms with E-state index in [-0.39, 0.29) is 5.69 Å². The predicted octanol–water partition coefficient (Wildman–Crippen LogP) is 3.16. The fourth-order valence-electron chi connectivity index (χ4n) is 2.11. The molecule has 0 aliphatic heterocycles. The molecule has 0 bridgehead atoms. The molecule has 0 unspecified atom stereocenters.